The van der Waals surface area contributed by atoms with Gasteiger partial charge in [0.2, 0.25) is 10.0 Å². The van der Waals surface area contributed by atoms with Crippen LogP contribution in [-0.4, -0.2) is 31.9 Å². The number of sulfonamides is 1. The van der Waals surface area contributed by atoms with E-state index in [0.29, 0.717) is 6.42 Å². The Morgan fingerprint density at radius 2 is 1.83 bits per heavy atom. The number of aliphatic hydroxyl groups is 1. The van der Waals surface area contributed by atoms with Crippen molar-refractivity contribution < 1.29 is 13.5 Å². The normalized spacial score (nSPS) is 13.8. The maximum Gasteiger partial charge on any atom is 0.212 e. The fourth-order valence-corrected chi connectivity index (χ4v) is 3.42. The molecular formula is C13H21NO3S. The summed E-state index contributed by atoms with van der Waals surface area (Å²) in [6, 6.07) is 9.06. The second-order valence-corrected chi connectivity index (χ2v) is 6.66. The molecule has 18 heavy (non-hydrogen) atoms. The van der Waals surface area contributed by atoms with Crippen molar-refractivity contribution in [2.24, 2.45) is 5.92 Å². The zero-order chi connectivity index (χ0) is 13.6. The fraction of sp³-hybridized carbons (Fsp3) is 0.538. The van der Waals surface area contributed by atoms with E-state index < -0.39 is 16.1 Å². The van der Waals surface area contributed by atoms with Crippen molar-refractivity contribution in [1.82, 2.24) is 4.72 Å². The monoisotopic (exact) mass is 271 g/mol. The summed E-state index contributed by atoms with van der Waals surface area (Å²) >= 11 is 0. The highest BCUT2D eigenvalue weighted by Gasteiger charge is 2.18. The van der Waals surface area contributed by atoms with Gasteiger partial charge in [-0.2, -0.15) is 0 Å². The van der Waals surface area contributed by atoms with E-state index in [9.17, 15) is 13.5 Å². The van der Waals surface area contributed by atoms with Crippen molar-refractivity contribution in [1.29, 1.82) is 0 Å². The van der Waals surface area contributed by atoms with Gasteiger partial charge in [0, 0.05) is 6.04 Å². The van der Waals surface area contributed by atoms with E-state index >= 15 is 0 Å². The van der Waals surface area contributed by atoms with Gasteiger partial charge in [-0.1, -0.05) is 44.2 Å². The van der Waals surface area contributed by atoms with Crippen molar-refractivity contribution in [2.75, 3.05) is 12.4 Å². The van der Waals surface area contributed by atoms with E-state index in [1.807, 2.05) is 44.2 Å². The molecule has 0 aliphatic heterocycles. The number of nitrogens with one attached hydrogen (secondary N) is 1. The minimum Gasteiger partial charge on any atom is -0.395 e. The molecule has 102 valence electrons. The largest absolute Gasteiger partial charge is 0.395 e. The molecular weight excluding hydrogens is 250 g/mol. The molecule has 0 unspecified atom stereocenters. The minimum atomic E-state index is -3.32. The third-order valence-electron chi connectivity index (χ3n) is 2.44. The number of hydrogen-bond donors (Lipinski definition) is 2. The second-order valence-electron chi connectivity index (χ2n) is 4.86. The first kappa shape index (κ1) is 15.1. The predicted molar refractivity (Wildman–Crippen MR) is 72.8 cm³/mol. The highest BCUT2D eigenvalue weighted by molar-refractivity contribution is 7.89. The highest BCUT2D eigenvalue weighted by atomic mass is 32.2. The van der Waals surface area contributed by atoms with E-state index in [0.717, 1.165) is 5.56 Å². The van der Waals surface area contributed by atoms with Crippen LogP contribution in [0.2, 0.25) is 0 Å². The van der Waals surface area contributed by atoms with Crippen molar-refractivity contribution in [3.05, 3.63) is 35.9 Å². The average Bonchev–Trinajstić information content (AvgIpc) is 2.27. The van der Waals surface area contributed by atoms with Gasteiger partial charge in [0.05, 0.1) is 12.4 Å². The van der Waals surface area contributed by atoms with Crippen LogP contribution in [0.3, 0.4) is 0 Å². The van der Waals surface area contributed by atoms with Gasteiger partial charge >= 0.3 is 0 Å². The molecule has 0 spiro atoms. The lowest BCUT2D eigenvalue weighted by molar-refractivity contribution is 0.256. The van der Waals surface area contributed by atoms with Crippen LogP contribution in [0.1, 0.15) is 19.4 Å². The lowest BCUT2D eigenvalue weighted by atomic mass is 10.1. The summed E-state index contributed by atoms with van der Waals surface area (Å²) in [4.78, 5) is 0. The Labute approximate surface area is 109 Å². The van der Waals surface area contributed by atoms with E-state index in [4.69, 9.17) is 0 Å². The molecule has 4 nitrogen and oxygen atoms in total. The molecule has 0 aliphatic rings. The van der Waals surface area contributed by atoms with Crippen molar-refractivity contribution in [2.45, 2.75) is 26.3 Å². The van der Waals surface area contributed by atoms with Gasteiger partial charge in [-0.25, -0.2) is 13.1 Å². The van der Waals surface area contributed by atoms with Crippen LogP contribution in [0.25, 0.3) is 0 Å². The van der Waals surface area contributed by atoms with Gasteiger partial charge in [0.1, 0.15) is 0 Å². The Balaban J connectivity index is 2.63. The van der Waals surface area contributed by atoms with Crippen LogP contribution in [0.4, 0.5) is 0 Å². The standard InChI is InChI=1S/C13H21NO3S/c1-11(2)10-18(16,17)14-13(9-15)8-12-6-4-3-5-7-12/h3-7,11,13-15H,8-10H2,1-2H3/t13-/m1/s1. The Hall–Kier alpha value is -0.910. The molecule has 1 aromatic carbocycles. The van der Waals surface area contributed by atoms with Crippen LogP contribution in [0, 0.1) is 5.92 Å². The number of hydrogen-bond acceptors (Lipinski definition) is 3. The predicted octanol–water partition coefficient (Wildman–Crippen LogP) is 1.17. The third kappa shape index (κ3) is 5.62. The summed E-state index contributed by atoms with van der Waals surface area (Å²) in [7, 11) is -3.32. The summed E-state index contributed by atoms with van der Waals surface area (Å²) in [6.45, 7) is 3.50. The number of benzene rings is 1. The Kier molecular flexibility index (Phi) is 5.78. The van der Waals surface area contributed by atoms with Gasteiger partial charge in [-0.15, -0.1) is 0 Å². The second kappa shape index (κ2) is 6.87. The smallest absolute Gasteiger partial charge is 0.212 e. The van der Waals surface area contributed by atoms with Gasteiger partial charge in [0.25, 0.3) is 0 Å². The molecule has 0 aliphatic carbocycles. The third-order valence-corrected chi connectivity index (χ3v) is 4.24. The zero-order valence-corrected chi connectivity index (χ0v) is 11.7. The molecule has 0 amide bonds. The van der Waals surface area contributed by atoms with E-state index in [-0.39, 0.29) is 18.3 Å². The molecule has 0 heterocycles. The maximum atomic E-state index is 11.8. The topological polar surface area (TPSA) is 66.4 Å². The Morgan fingerprint density at radius 1 is 1.22 bits per heavy atom. The minimum absolute atomic E-state index is 0.0681. The summed E-state index contributed by atoms with van der Waals surface area (Å²) in [5.74, 6) is 0.150. The lowest BCUT2D eigenvalue weighted by Crippen LogP contribution is -2.41. The first-order valence-corrected chi connectivity index (χ1v) is 7.73. The van der Waals surface area contributed by atoms with E-state index in [1.54, 1.807) is 0 Å². The number of rotatable bonds is 7. The van der Waals surface area contributed by atoms with Crippen molar-refractivity contribution in [3.63, 3.8) is 0 Å². The molecule has 0 bridgehead atoms. The van der Waals surface area contributed by atoms with Crippen molar-refractivity contribution >= 4 is 10.0 Å². The lowest BCUT2D eigenvalue weighted by Gasteiger charge is -2.17. The van der Waals surface area contributed by atoms with Crippen molar-refractivity contribution in [3.8, 4) is 0 Å². The molecule has 2 N–H and O–H groups in total. The van der Waals surface area contributed by atoms with E-state index in [2.05, 4.69) is 4.72 Å². The first-order chi connectivity index (χ1) is 8.43. The summed E-state index contributed by atoms with van der Waals surface area (Å²) in [6.07, 6.45) is 0.495. The van der Waals surface area contributed by atoms with Crippen LogP contribution in [0.5, 0.6) is 0 Å². The Bertz CT molecular complexity index is 443. The molecule has 0 saturated carbocycles. The number of aliphatic hydroxyl groups excluding tert-OH is 1. The Morgan fingerprint density at radius 3 is 2.33 bits per heavy atom. The molecule has 0 fully saturated rings. The molecule has 5 heteroatoms. The molecule has 1 aromatic rings. The fourth-order valence-electron chi connectivity index (χ4n) is 1.78. The van der Waals surface area contributed by atoms with Crippen LogP contribution in [0.15, 0.2) is 30.3 Å². The zero-order valence-electron chi connectivity index (χ0n) is 10.8. The van der Waals surface area contributed by atoms with Crippen LogP contribution < -0.4 is 4.72 Å². The summed E-state index contributed by atoms with van der Waals surface area (Å²) < 4.78 is 26.1. The maximum absolute atomic E-state index is 11.8. The van der Waals surface area contributed by atoms with Gasteiger partial charge in [0.15, 0.2) is 0 Å². The highest BCUT2D eigenvalue weighted by Crippen LogP contribution is 2.05. The van der Waals surface area contributed by atoms with E-state index in [1.165, 1.54) is 0 Å². The van der Waals surface area contributed by atoms with Gasteiger partial charge in [-0.3, -0.25) is 0 Å². The van der Waals surface area contributed by atoms with Gasteiger partial charge in [-0.05, 0) is 17.9 Å². The first-order valence-electron chi connectivity index (χ1n) is 6.07. The molecule has 1 rings (SSSR count). The summed E-state index contributed by atoms with van der Waals surface area (Å²) in [5.41, 5.74) is 1.00. The molecule has 0 saturated heterocycles. The van der Waals surface area contributed by atoms with Crippen LogP contribution in [-0.2, 0) is 16.4 Å². The molecule has 0 aromatic heterocycles. The SMILES string of the molecule is CC(C)CS(=O)(=O)N[C@@H](CO)Cc1ccccc1. The molecule has 0 radical (unpaired) electrons. The average molecular weight is 271 g/mol. The quantitative estimate of drug-likeness (QED) is 0.782. The van der Waals surface area contributed by atoms with Gasteiger partial charge < -0.3 is 5.11 Å². The molecule has 1 atom stereocenters. The summed E-state index contributed by atoms with van der Waals surface area (Å²) in [5, 5.41) is 9.26. The van der Waals surface area contributed by atoms with Crippen LogP contribution >= 0.6 is 0 Å².